The average molecular weight is 529 g/mol. The molecule has 0 fully saturated rings. The minimum Gasteiger partial charge on any atom is -0.478 e. The third kappa shape index (κ3) is 7.25. The van der Waals surface area contributed by atoms with Crippen LogP contribution in [0.1, 0.15) is 41.1 Å². The highest BCUT2D eigenvalue weighted by Gasteiger charge is 2.29. The molecule has 2 aromatic carbocycles. The van der Waals surface area contributed by atoms with Gasteiger partial charge in [-0.2, -0.15) is 29.9 Å². The number of methoxy groups -OCH3 is 1. The van der Waals surface area contributed by atoms with Crippen molar-refractivity contribution in [1.29, 1.82) is 0 Å². The smallest absolute Gasteiger partial charge is 0.416 e. The predicted molar refractivity (Wildman–Crippen MR) is 139 cm³/mol. The van der Waals surface area contributed by atoms with Crippen LogP contribution in [0, 0.1) is 0 Å². The Labute approximate surface area is 217 Å². The summed E-state index contributed by atoms with van der Waals surface area (Å²) >= 11 is 1.73. The fourth-order valence-electron chi connectivity index (χ4n) is 3.75. The Kier molecular flexibility index (Phi) is 8.70. The molecule has 194 valence electrons. The number of hydrogen-bond acceptors (Lipinski definition) is 6. The van der Waals surface area contributed by atoms with Gasteiger partial charge < -0.3 is 9.15 Å². The SMILES string of the molecule is COc1nc(/C=C/c2ccc(C(F)(F)F)cc2)oc1-c1ccc(CCCCn2cc(CSC)nn2)cc1. The maximum atomic E-state index is 12.7. The van der Waals surface area contributed by atoms with Crippen LogP contribution in [0.15, 0.2) is 59.1 Å². The molecule has 4 aromatic rings. The summed E-state index contributed by atoms with van der Waals surface area (Å²) in [6.45, 7) is 0.845. The molecule has 0 radical (unpaired) electrons. The maximum Gasteiger partial charge on any atom is 0.416 e. The molecular formula is C27H27F3N4O2S. The van der Waals surface area contributed by atoms with Gasteiger partial charge in [0.1, 0.15) is 0 Å². The van der Waals surface area contributed by atoms with Crippen molar-refractivity contribution in [2.75, 3.05) is 13.4 Å². The topological polar surface area (TPSA) is 66.0 Å². The number of aryl methyl sites for hydroxylation is 2. The zero-order valence-corrected chi connectivity index (χ0v) is 21.4. The third-order valence-corrected chi connectivity index (χ3v) is 6.24. The van der Waals surface area contributed by atoms with Crippen molar-refractivity contribution in [3.05, 3.63) is 83.0 Å². The zero-order valence-electron chi connectivity index (χ0n) is 20.5. The second kappa shape index (κ2) is 12.1. The quantitative estimate of drug-likeness (QED) is 0.195. The molecule has 0 aliphatic heterocycles. The van der Waals surface area contributed by atoms with E-state index in [1.807, 2.05) is 29.3 Å². The van der Waals surface area contributed by atoms with Crippen molar-refractivity contribution in [3.63, 3.8) is 0 Å². The first-order valence-corrected chi connectivity index (χ1v) is 13.1. The number of nitrogens with zero attached hydrogens (tertiary/aromatic N) is 4. The molecule has 0 N–H and O–H groups in total. The van der Waals surface area contributed by atoms with Crippen molar-refractivity contribution in [2.45, 2.75) is 37.7 Å². The number of rotatable bonds is 11. The fraction of sp³-hybridized carbons (Fsp3) is 0.296. The number of unbranched alkanes of at least 4 members (excludes halogenated alkanes) is 1. The van der Waals surface area contributed by atoms with Gasteiger partial charge in [-0.3, -0.25) is 4.68 Å². The average Bonchev–Trinajstić information content (AvgIpc) is 3.52. The number of ether oxygens (including phenoxy) is 1. The van der Waals surface area contributed by atoms with Crippen molar-refractivity contribution in [1.82, 2.24) is 20.0 Å². The Morgan fingerprint density at radius 2 is 1.78 bits per heavy atom. The summed E-state index contributed by atoms with van der Waals surface area (Å²) in [4.78, 5) is 4.33. The van der Waals surface area contributed by atoms with Gasteiger partial charge in [-0.15, -0.1) is 5.10 Å². The molecular weight excluding hydrogens is 501 g/mol. The number of aromatic nitrogens is 4. The highest BCUT2D eigenvalue weighted by Crippen LogP contribution is 2.32. The summed E-state index contributed by atoms with van der Waals surface area (Å²) in [7, 11) is 1.51. The number of oxazole rings is 1. The van der Waals surface area contributed by atoms with Crippen LogP contribution in [0.5, 0.6) is 5.88 Å². The second-order valence-corrected chi connectivity index (χ2v) is 9.27. The molecule has 2 aromatic heterocycles. The van der Waals surface area contributed by atoms with Crippen LogP contribution < -0.4 is 4.74 Å². The lowest BCUT2D eigenvalue weighted by Crippen LogP contribution is -2.03. The van der Waals surface area contributed by atoms with E-state index in [9.17, 15) is 13.2 Å². The lowest BCUT2D eigenvalue weighted by molar-refractivity contribution is -0.137. The molecule has 0 unspecified atom stereocenters. The molecule has 0 aliphatic rings. The Morgan fingerprint density at radius 3 is 2.46 bits per heavy atom. The van der Waals surface area contributed by atoms with Crippen LogP contribution in [0.25, 0.3) is 23.5 Å². The normalized spacial score (nSPS) is 11.9. The predicted octanol–water partition coefficient (Wildman–Crippen LogP) is 7.02. The highest BCUT2D eigenvalue weighted by molar-refractivity contribution is 7.97. The van der Waals surface area contributed by atoms with Crippen molar-refractivity contribution >= 4 is 23.9 Å². The lowest BCUT2D eigenvalue weighted by atomic mass is 10.1. The first kappa shape index (κ1) is 26.5. The molecule has 0 atom stereocenters. The molecule has 0 saturated carbocycles. The van der Waals surface area contributed by atoms with Gasteiger partial charge in [0.2, 0.25) is 5.89 Å². The van der Waals surface area contributed by atoms with E-state index in [0.29, 0.717) is 23.1 Å². The van der Waals surface area contributed by atoms with Crippen LogP contribution in [0.4, 0.5) is 13.2 Å². The maximum absolute atomic E-state index is 12.7. The summed E-state index contributed by atoms with van der Waals surface area (Å²) < 4.78 is 51.4. The number of halogens is 3. The Morgan fingerprint density at radius 1 is 1.03 bits per heavy atom. The van der Waals surface area contributed by atoms with Gasteiger partial charge in [-0.25, -0.2) is 0 Å². The van der Waals surface area contributed by atoms with E-state index < -0.39 is 11.7 Å². The minimum atomic E-state index is -4.36. The van der Waals surface area contributed by atoms with Crippen LogP contribution in [-0.4, -0.2) is 33.3 Å². The van der Waals surface area contributed by atoms with Crippen LogP contribution >= 0.6 is 11.8 Å². The van der Waals surface area contributed by atoms with Crippen molar-refractivity contribution < 1.29 is 22.3 Å². The first-order chi connectivity index (χ1) is 17.9. The van der Waals surface area contributed by atoms with E-state index in [0.717, 1.165) is 55.0 Å². The molecule has 37 heavy (non-hydrogen) atoms. The lowest BCUT2D eigenvalue weighted by Gasteiger charge is -2.05. The zero-order chi connectivity index (χ0) is 26.3. The fourth-order valence-corrected chi connectivity index (χ4v) is 4.18. The Bertz CT molecular complexity index is 1310. The monoisotopic (exact) mass is 528 g/mol. The first-order valence-electron chi connectivity index (χ1n) is 11.7. The molecule has 0 saturated heterocycles. The van der Waals surface area contributed by atoms with Crippen LogP contribution in [0.3, 0.4) is 0 Å². The minimum absolute atomic E-state index is 0.296. The van der Waals surface area contributed by atoms with E-state index in [-0.39, 0.29) is 0 Å². The number of alkyl halides is 3. The molecule has 0 spiro atoms. The van der Waals surface area contributed by atoms with E-state index in [4.69, 9.17) is 9.15 Å². The van der Waals surface area contributed by atoms with Crippen molar-refractivity contribution in [2.24, 2.45) is 0 Å². The molecule has 4 rings (SSSR count). The number of benzene rings is 2. The molecule has 2 heterocycles. The summed E-state index contributed by atoms with van der Waals surface area (Å²) in [5, 5.41) is 8.33. The molecule has 10 heteroatoms. The van der Waals surface area contributed by atoms with Gasteiger partial charge in [-0.05, 0) is 54.9 Å². The third-order valence-electron chi connectivity index (χ3n) is 5.66. The molecule has 6 nitrogen and oxygen atoms in total. The summed E-state index contributed by atoms with van der Waals surface area (Å²) in [5.74, 6) is 2.01. The van der Waals surface area contributed by atoms with Crippen LogP contribution in [-0.2, 0) is 24.9 Å². The van der Waals surface area contributed by atoms with Gasteiger partial charge >= 0.3 is 6.18 Å². The summed E-state index contributed by atoms with van der Waals surface area (Å²) in [6.07, 6.45) is 5.91. The van der Waals surface area contributed by atoms with E-state index in [1.165, 1.54) is 24.8 Å². The van der Waals surface area contributed by atoms with E-state index >= 15 is 0 Å². The van der Waals surface area contributed by atoms with Gasteiger partial charge in [0, 0.05) is 30.1 Å². The molecule has 0 aliphatic carbocycles. The number of thioether (sulfide) groups is 1. The molecule has 0 amide bonds. The second-order valence-electron chi connectivity index (χ2n) is 8.40. The number of hydrogen-bond donors (Lipinski definition) is 0. The Balaban J connectivity index is 1.34. The van der Waals surface area contributed by atoms with Crippen LogP contribution in [0.2, 0.25) is 0 Å². The highest BCUT2D eigenvalue weighted by atomic mass is 32.2. The van der Waals surface area contributed by atoms with Gasteiger partial charge in [0.05, 0.1) is 18.4 Å². The van der Waals surface area contributed by atoms with E-state index in [1.54, 1.807) is 23.9 Å². The van der Waals surface area contributed by atoms with Gasteiger partial charge in [0.25, 0.3) is 5.88 Å². The molecule has 0 bridgehead atoms. The van der Waals surface area contributed by atoms with Gasteiger partial charge in [0.15, 0.2) is 5.76 Å². The Hall–Kier alpha value is -3.53. The standard InChI is InChI=1S/C27H27F3N4O2S/c1-35-26-25(36-24(31-26)15-10-20-8-13-22(14-9-20)27(28,29)30)21-11-6-19(7-12-21)5-3-4-16-34-17-23(18-37-2)32-33-34/h6-15,17H,3-5,16,18H2,1-2H3/b15-10+. The largest absolute Gasteiger partial charge is 0.478 e. The summed E-state index contributed by atoms with van der Waals surface area (Å²) in [6, 6.07) is 12.9. The van der Waals surface area contributed by atoms with Gasteiger partial charge in [-0.1, -0.05) is 41.6 Å². The van der Waals surface area contributed by atoms with Crippen molar-refractivity contribution in [3.8, 4) is 17.2 Å². The summed E-state index contributed by atoms with van der Waals surface area (Å²) in [5.41, 5.74) is 2.95. The van der Waals surface area contributed by atoms with E-state index in [2.05, 4.69) is 27.4 Å².